The largest absolute Gasteiger partial charge is 0.464 e. The highest BCUT2D eigenvalue weighted by molar-refractivity contribution is 7.86. The number of pyridine rings is 1. The maximum absolute atomic E-state index is 13.6. The number of aromatic nitrogens is 6. The topological polar surface area (TPSA) is 164 Å². The highest BCUT2D eigenvalue weighted by Crippen LogP contribution is 2.72. The molecule has 0 amide bonds. The second kappa shape index (κ2) is 15.7. The molecule has 11 rings (SSSR count). The van der Waals surface area contributed by atoms with Crippen LogP contribution in [0, 0.1) is 37.0 Å². The van der Waals surface area contributed by atoms with Crippen LogP contribution in [0.2, 0.25) is 0 Å². The first-order chi connectivity index (χ1) is 30.6. The summed E-state index contributed by atoms with van der Waals surface area (Å²) in [6.45, 7) is 12.3. The summed E-state index contributed by atoms with van der Waals surface area (Å²) in [4.78, 5) is 25.2. The Morgan fingerprint density at radius 3 is 2.44 bits per heavy atom. The zero-order chi connectivity index (χ0) is 44.6. The molecule has 64 heavy (non-hydrogen) atoms. The van der Waals surface area contributed by atoms with E-state index in [0.717, 1.165) is 106 Å². The zero-order valence-electron chi connectivity index (χ0n) is 37.2. The van der Waals surface area contributed by atoms with Crippen molar-refractivity contribution in [3.05, 3.63) is 95.1 Å². The number of hydrogen-bond acceptors (Lipinski definition) is 14. The van der Waals surface area contributed by atoms with Crippen molar-refractivity contribution in [1.82, 2.24) is 29.9 Å². The van der Waals surface area contributed by atoms with Crippen LogP contribution in [0.3, 0.4) is 0 Å². The van der Waals surface area contributed by atoms with Gasteiger partial charge in [0.15, 0.2) is 22.5 Å². The van der Waals surface area contributed by atoms with Gasteiger partial charge in [-0.1, -0.05) is 55.0 Å². The molecule has 4 aliphatic carbocycles. The number of methoxy groups -OCH3 is 1. The van der Waals surface area contributed by atoms with E-state index in [1.807, 2.05) is 37.4 Å². The smallest absolute Gasteiger partial charge is 0.357 e. The Balaban J connectivity index is 0.934. The average Bonchev–Trinajstić information content (AvgIpc) is 3.83. The molecule has 14 nitrogen and oxygen atoms in total. The van der Waals surface area contributed by atoms with Gasteiger partial charge in [0.05, 0.1) is 52.9 Å². The summed E-state index contributed by atoms with van der Waals surface area (Å²) in [5, 5.41) is 18.8. The van der Waals surface area contributed by atoms with E-state index in [2.05, 4.69) is 53.6 Å². The lowest BCUT2D eigenvalue weighted by Gasteiger charge is -2.69. The van der Waals surface area contributed by atoms with E-state index < -0.39 is 21.7 Å². The van der Waals surface area contributed by atoms with Gasteiger partial charge in [-0.05, 0) is 119 Å². The van der Waals surface area contributed by atoms with Gasteiger partial charge in [0.1, 0.15) is 0 Å². The number of para-hydroxylation sites is 1. The highest BCUT2D eigenvalue weighted by Gasteiger charge is 2.66. The third-order valence-corrected chi connectivity index (χ3v) is 16.3. The number of hydrogen-bond donors (Lipinski definition) is 1. The number of carbonyl (C=O) groups is 1. The Kier molecular flexibility index (Phi) is 10.5. The van der Waals surface area contributed by atoms with Crippen LogP contribution < -0.4 is 10.2 Å². The maximum Gasteiger partial charge on any atom is 0.357 e. The Bertz CT molecular complexity index is 2860. The summed E-state index contributed by atoms with van der Waals surface area (Å²) in [6, 6.07) is 16.7. The molecule has 5 aliphatic rings. The molecular weight excluding hydrogens is 849 g/mol. The molecule has 4 bridgehead atoms. The van der Waals surface area contributed by atoms with Crippen LogP contribution in [-0.4, -0.2) is 76.8 Å². The minimum Gasteiger partial charge on any atom is -0.464 e. The van der Waals surface area contributed by atoms with Crippen LogP contribution in [0.25, 0.3) is 21.3 Å². The molecule has 16 heteroatoms. The van der Waals surface area contributed by atoms with E-state index in [4.69, 9.17) is 33.9 Å². The molecule has 2 atom stereocenters. The Labute approximate surface area is 377 Å². The lowest BCUT2D eigenvalue weighted by molar-refractivity contribution is -0.249. The Morgan fingerprint density at radius 2 is 1.69 bits per heavy atom. The molecule has 0 saturated heterocycles. The van der Waals surface area contributed by atoms with Gasteiger partial charge >= 0.3 is 5.97 Å². The Morgan fingerprint density at radius 1 is 0.922 bits per heavy atom. The van der Waals surface area contributed by atoms with E-state index in [-0.39, 0.29) is 40.0 Å². The minimum atomic E-state index is -3.90. The summed E-state index contributed by atoms with van der Waals surface area (Å²) in [7, 11) is -2.52. The van der Waals surface area contributed by atoms with Crippen LogP contribution in [0.4, 0.5) is 22.5 Å². The number of aryl methyl sites for hydroxylation is 1. The predicted molar refractivity (Wildman–Crippen MR) is 246 cm³/mol. The number of rotatable bonds is 13. The van der Waals surface area contributed by atoms with Crippen molar-refractivity contribution in [2.45, 2.75) is 103 Å². The highest BCUT2D eigenvalue weighted by atomic mass is 32.2. The van der Waals surface area contributed by atoms with E-state index in [1.165, 1.54) is 7.11 Å². The number of esters is 1. The van der Waals surface area contributed by atoms with E-state index in [0.29, 0.717) is 24.5 Å². The number of thiazole rings is 1. The lowest BCUT2D eigenvalue weighted by atomic mass is 9.39. The third-order valence-electron chi connectivity index (χ3n) is 14.1. The monoisotopic (exact) mass is 902 g/mol. The van der Waals surface area contributed by atoms with Gasteiger partial charge in [-0.3, -0.25) is 8.86 Å². The van der Waals surface area contributed by atoms with Crippen molar-refractivity contribution >= 4 is 60.1 Å². The van der Waals surface area contributed by atoms with Crippen LogP contribution in [0.5, 0.6) is 0 Å². The summed E-state index contributed by atoms with van der Waals surface area (Å²) in [5.41, 5.74) is 6.96. The molecular formula is C48H54N8O6S2. The van der Waals surface area contributed by atoms with Crippen LogP contribution >= 0.6 is 11.3 Å². The number of nitrogens with zero attached hydrogens (tertiary/aromatic N) is 7. The van der Waals surface area contributed by atoms with Crippen molar-refractivity contribution in [3.63, 3.8) is 0 Å². The van der Waals surface area contributed by atoms with Gasteiger partial charge in [0.2, 0.25) is 0 Å². The number of anilines is 4. The molecule has 4 saturated carbocycles. The fraction of sp³-hybridized carbons (Fsp3) is 0.458. The fourth-order valence-corrected chi connectivity index (χ4v) is 14.4. The Hall–Kier alpha value is -5.29. The first-order valence-electron chi connectivity index (χ1n) is 22.1. The van der Waals surface area contributed by atoms with Crippen molar-refractivity contribution in [2.75, 3.05) is 37.1 Å². The standard InChI is InChI=1S/C48H54N8O6S2/c1-30-13-15-33(16-14-30)64(58,59)62-21-20-61-48-26-45(4)23-46(5,27-48)25-47(24-45,28-48)29-56-32(3)35(22-50-56)39-37(17-18-49-40(39)43(57)60-6)55-19-9-10-34-31(2)41(53-54-42(34)55)52-44-51-36-11-7-8-12-38(36)63-44/h7-8,11-18,22H,9-10,19-21,23-29H2,1-6H3,(H,51,52,53). The summed E-state index contributed by atoms with van der Waals surface area (Å²) < 4.78 is 46.8. The van der Waals surface area contributed by atoms with E-state index in [9.17, 15) is 13.2 Å². The molecule has 5 heterocycles. The van der Waals surface area contributed by atoms with Gasteiger partial charge in [-0.2, -0.15) is 13.5 Å². The maximum atomic E-state index is 13.6. The van der Waals surface area contributed by atoms with Crippen LogP contribution in [0.1, 0.15) is 91.7 Å². The molecule has 0 radical (unpaired) electrons. The second-order valence-electron chi connectivity index (χ2n) is 19.5. The number of ether oxygens (including phenoxy) is 2. The molecule has 4 aromatic heterocycles. The molecule has 1 aliphatic heterocycles. The lowest BCUT2D eigenvalue weighted by Crippen LogP contribution is -2.64. The quantitative estimate of drug-likeness (QED) is 0.0663. The van der Waals surface area contributed by atoms with Crippen molar-refractivity contribution in [2.24, 2.45) is 16.2 Å². The zero-order valence-corrected chi connectivity index (χ0v) is 38.9. The van der Waals surface area contributed by atoms with Crippen LogP contribution in [0.15, 0.2) is 71.9 Å². The van der Waals surface area contributed by atoms with Gasteiger partial charge in [-0.15, -0.1) is 10.2 Å². The van der Waals surface area contributed by atoms with Gasteiger partial charge in [0.25, 0.3) is 10.1 Å². The van der Waals surface area contributed by atoms with Gasteiger partial charge in [-0.25, -0.2) is 14.8 Å². The fourth-order valence-electron chi connectivity index (χ4n) is 12.6. The van der Waals surface area contributed by atoms with Crippen molar-refractivity contribution in [3.8, 4) is 11.1 Å². The second-order valence-corrected chi connectivity index (χ2v) is 22.1. The number of benzene rings is 2. The summed E-state index contributed by atoms with van der Waals surface area (Å²) in [6.07, 6.45) is 11.1. The average molecular weight is 903 g/mol. The molecule has 2 aromatic carbocycles. The molecule has 0 spiro atoms. The molecule has 2 unspecified atom stereocenters. The van der Waals surface area contributed by atoms with E-state index >= 15 is 0 Å². The molecule has 4 fully saturated rings. The normalized spacial score (nSPS) is 24.9. The van der Waals surface area contributed by atoms with Crippen LogP contribution in [-0.2, 0) is 36.7 Å². The number of nitrogens with one attached hydrogen (secondary N) is 1. The van der Waals surface area contributed by atoms with Crippen molar-refractivity contribution in [1.29, 1.82) is 0 Å². The molecule has 334 valence electrons. The third kappa shape index (κ3) is 7.65. The number of carbonyl (C=O) groups excluding carboxylic acids is 1. The van der Waals surface area contributed by atoms with Gasteiger partial charge in [0, 0.05) is 47.2 Å². The predicted octanol–water partition coefficient (Wildman–Crippen LogP) is 9.43. The first kappa shape index (κ1) is 42.6. The number of fused-ring (bicyclic) bond motifs is 2. The summed E-state index contributed by atoms with van der Waals surface area (Å²) in [5.74, 6) is 0.877. The first-order valence-corrected chi connectivity index (χ1v) is 24.3. The summed E-state index contributed by atoms with van der Waals surface area (Å²) >= 11 is 1.58. The SMILES string of the molecule is COC(=O)c1nccc(N2CCCc3c2nnc(Nc2nc4ccccc4s2)c3C)c1-c1cnn(CC23CC4(C)CC(C)(C2)CC(OCCOS(=O)(=O)c2ccc(C)cc2)(C4)C3)c1C. The van der Waals surface area contributed by atoms with E-state index in [1.54, 1.807) is 41.8 Å². The molecule has 6 aromatic rings. The minimum absolute atomic E-state index is 0.0507. The van der Waals surface area contributed by atoms with Gasteiger partial charge < -0.3 is 19.7 Å². The molecule has 1 N–H and O–H groups in total. The van der Waals surface area contributed by atoms with Crippen molar-refractivity contribution < 1.29 is 26.9 Å².